The van der Waals surface area contributed by atoms with Gasteiger partial charge in [-0.25, -0.2) is 0 Å². The van der Waals surface area contributed by atoms with Gasteiger partial charge in [0.2, 0.25) is 0 Å². The molecular weight excluding hydrogens is 318 g/mol. The molecule has 0 spiro atoms. The van der Waals surface area contributed by atoms with Gasteiger partial charge in [-0.2, -0.15) is 0 Å². The van der Waals surface area contributed by atoms with Crippen LogP contribution in [0.5, 0.6) is 0 Å². The average molecular weight is 340 g/mol. The molecule has 5 heteroatoms. The smallest absolute Gasteiger partial charge is 0.172 e. The normalized spacial score (nSPS) is 17.2. The lowest BCUT2D eigenvalue weighted by Gasteiger charge is -2.36. The average Bonchev–Trinajstić information content (AvgIpc) is 2.49. The quantitative estimate of drug-likeness (QED) is 0.380. The number of amidine groups is 1. The van der Waals surface area contributed by atoms with E-state index in [1.165, 1.54) is 32.1 Å². The number of oxime groups is 1. The van der Waals surface area contributed by atoms with Crippen LogP contribution in [0.15, 0.2) is 27.8 Å². The highest BCUT2D eigenvalue weighted by atomic mass is 79.9. The van der Waals surface area contributed by atoms with Gasteiger partial charge in [0.05, 0.1) is 0 Å². The standard InChI is InChI=1S/C15H22BrN3O/c1-2-19(12-6-4-3-5-7-12)14-9-8-11(16)10-13(14)15(17)18-20/h8-10,12,20H,2-7H2,1H3,(H2,17,18). The van der Waals surface area contributed by atoms with Crippen LogP contribution in [0, 0.1) is 0 Å². The summed E-state index contributed by atoms with van der Waals surface area (Å²) >= 11 is 3.45. The number of benzene rings is 1. The summed E-state index contributed by atoms with van der Waals surface area (Å²) in [7, 11) is 0. The summed E-state index contributed by atoms with van der Waals surface area (Å²) in [5.41, 5.74) is 7.68. The van der Waals surface area contributed by atoms with Gasteiger partial charge in [0.15, 0.2) is 5.84 Å². The molecule has 1 aliphatic carbocycles. The number of rotatable bonds is 4. The number of nitrogens with two attached hydrogens (primary N) is 1. The molecule has 0 bridgehead atoms. The molecule has 0 atom stereocenters. The van der Waals surface area contributed by atoms with E-state index >= 15 is 0 Å². The van der Waals surface area contributed by atoms with Crippen LogP contribution in [-0.2, 0) is 0 Å². The maximum absolute atomic E-state index is 9.00. The summed E-state index contributed by atoms with van der Waals surface area (Å²) in [6, 6.07) is 6.53. The van der Waals surface area contributed by atoms with Gasteiger partial charge in [0.1, 0.15) is 0 Å². The van der Waals surface area contributed by atoms with Crippen molar-refractivity contribution in [3.8, 4) is 0 Å². The monoisotopic (exact) mass is 339 g/mol. The Morgan fingerprint density at radius 1 is 1.40 bits per heavy atom. The van der Waals surface area contributed by atoms with E-state index in [0.29, 0.717) is 6.04 Å². The fourth-order valence-electron chi connectivity index (χ4n) is 3.04. The van der Waals surface area contributed by atoms with Gasteiger partial charge in [0.25, 0.3) is 0 Å². The summed E-state index contributed by atoms with van der Waals surface area (Å²) in [6.45, 7) is 3.09. The van der Waals surface area contributed by atoms with Gasteiger partial charge in [-0.05, 0) is 38.0 Å². The molecule has 0 saturated heterocycles. The maximum Gasteiger partial charge on any atom is 0.172 e. The molecule has 0 heterocycles. The third-order valence-corrected chi connectivity index (χ3v) is 4.50. The van der Waals surface area contributed by atoms with E-state index in [9.17, 15) is 0 Å². The van der Waals surface area contributed by atoms with E-state index in [-0.39, 0.29) is 5.84 Å². The number of halogens is 1. The van der Waals surface area contributed by atoms with Crippen molar-refractivity contribution in [3.05, 3.63) is 28.2 Å². The zero-order valence-electron chi connectivity index (χ0n) is 11.8. The molecule has 1 fully saturated rings. The second kappa shape index (κ2) is 6.97. The largest absolute Gasteiger partial charge is 0.409 e. The first kappa shape index (κ1) is 15.2. The summed E-state index contributed by atoms with van der Waals surface area (Å²) in [5, 5.41) is 12.2. The maximum atomic E-state index is 9.00. The molecule has 1 saturated carbocycles. The molecule has 1 aromatic rings. The molecular formula is C15H22BrN3O. The van der Waals surface area contributed by atoms with E-state index in [2.05, 4.69) is 39.0 Å². The molecule has 1 aromatic carbocycles. The summed E-state index contributed by atoms with van der Waals surface area (Å²) in [4.78, 5) is 2.39. The Labute approximate surface area is 128 Å². The van der Waals surface area contributed by atoms with Gasteiger partial charge in [-0.15, -0.1) is 0 Å². The highest BCUT2D eigenvalue weighted by Crippen LogP contribution is 2.31. The van der Waals surface area contributed by atoms with Crippen LogP contribution >= 0.6 is 15.9 Å². The van der Waals surface area contributed by atoms with Crippen molar-refractivity contribution in [3.63, 3.8) is 0 Å². The lowest BCUT2D eigenvalue weighted by molar-refractivity contribution is 0.318. The molecule has 20 heavy (non-hydrogen) atoms. The molecule has 4 nitrogen and oxygen atoms in total. The molecule has 0 aromatic heterocycles. The Kier molecular flexibility index (Phi) is 5.29. The van der Waals surface area contributed by atoms with Crippen LogP contribution in [0.25, 0.3) is 0 Å². The minimum atomic E-state index is 0.163. The van der Waals surface area contributed by atoms with Gasteiger partial charge in [-0.3, -0.25) is 0 Å². The van der Waals surface area contributed by atoms with Crippen molar-refractivity contribution < 1.29 is 5.21 Å². The lowest BCUT2D eigenvalue weighted by Crippen LogP contribution is -2.38. The molecule has 2 rings (SSSR count). The zero-order valence-corrected chi connectivity index (χ0v) is 13.4. The second-order valence-electron chi connectivity index (χ2n) is 5.22. The minimum Gasteiger partial charge on any atom is -0.409 e. The molecule has 0 unspecified atom stereocenters. The number of hydrogen-bond acceptors (Lipinski definition) is 3. The van der Waals surface area contributed by atoms with Gasteiger partial charge in [0, 0.05) is 28.3 Å². The van der Waals surface area contributed by atoms with Crippen LogP contribution in [-0.4, -0.2) is 23.6 Å². The van der Waals surface area contributed by atoms with Crippen LogP contribution < -0.4 is 10.6 Å². The second-order valence-corrected chi connectivity index (χ2v) is 6.14. The molecule has 0 amide bonds. The predicted octanol–water partition coefficient (Wildman–Crippen LogP) is 3.70. The van der Waals surface area contributed by atoms with E-state index < -0.39 is 0 Å². The highest BCUT2D eigenvalue weighted by molar-refractivity contribution is 9.10. The van der Waals surface area contributed by atoms with Crippen molar-refractivity contribution in [2.75, 3.05) is 11.4 Å². The van der Waals surface area contributed by atoms with Crippen molar-refractivity contribution >= 4 is 27.5 Å². The van der Waals surface area contributed by atoms with Crippen LogP contribution in [0.3, 0.4) is 0 Å². The topological polar surface area (TPSA) is 61.8 Å². The van der Waals surface area contributed by atoms with Crippen molar-refractivity contribution in [1.29, 1.82) is 0 Å². The zero-order chi connectivity index (χ0) is 14.5. The van der Waals surface area contributed by atoms with Crippen LogP contribution in [0.1, 0.15) is 44.6 Å². The Morgan fingerprint density at radius 2 is 2.10 bits per heavy atom. The Hall–Kier alpha value is -1.23. The summed E-state index contributed by atoms with van der Waals surface area (Å²) in [6.07, 6.45) is 6.35. The van der Waals surface area contributed by atoms with Gasteiger partial charge in [-0.1, -0.05) is 40.3 Å². The third kappa shape index (κ3) is 3.26. The SMILES string of the molecule is CCN(c1ccc(Br)cc1/C(N)=N/O)C1CCCCC1. The first-order chi connectivity index (χ1) is 9.67. The van der Waals surface area contributed by atoms with E-state index in [0.717, 1.165) is 22.3 Å². The Balaban J connectivity index is 2.37. The van der Waals surface area contributed by atoms with Crippen molar-refractivity contribution in [1.82, 2.24) is 0 Å². The fraction of sp³-hybridized carbons (Fsp3) is 0.533. The molecule has 0 radical (unpaired) electrons. The first-order valence-corrected chi connectivity index (χ1v) is 8.00. The molecule has 110 valence electrons. The minimum absolute atomic E-state index is 0.163. The number of hydrogen-bond donors (Lipinski definition) is 2. The number of nitrogens with zero attached hydrogens (tertiary/aromatic N) is 2. The fourth-order valence-corrected chi connectivity index (χ4v) is 3.40. The first-order valence-electron chi connectivity index (χ1n) is 7.21. The lowest BCUT2D eigenvalue weighted by atomic mass is 9.93. The van der Waals surface area contributed by atoms with Gasteiger partial charge >= 0.3 is 0 Å². The molecule has 0 aliphatic heterocycles. The predicted molar refractivity (Wildman–Crippen MR) is 86.5 cm³/mol. The summed E-state index contributed by atoms with van der Waals surface area (Å²) < 4.78 is 0.933. The molecule has 1 aliphatic rings. The summed E-state index contributed by atoms with van der Waals surface area (Å²) in [5.74, 6) is 0.163. The van der Waals surface area contributed by atoms with E-state index in [1.807, 2.05) is 12.1 Å². The third-order valence-electron chi connectivity index (χ3n) is 4.01. The Morgan fingerprint density at radius 3 is 2.70 bits per heavy atom. The highest BCUT2D eigenvalue weighted by Gasteiger charge is 2.23. The number of anilines is 1. The van der Waals surface area contributed by atoms with Crippen molar-refractivity contribution in [2.24, 2.45) is 10.9 Å². The molecule has 3 N–H and O–H groups in total. The van der Waals surface area contributed by atoms with Crippen molar-refractivity contribution in [2.45, 2.75) is 45.1 Å². The van der Waals surface area contributed by atoms with Crippen LogP contribution in [0.4, 0.5) is 5.69 Å². The Bertz CT molecular complexity index is 484. The van der Waals surface area contributed by atoms with E-state index in [4.69, 9.17) is 10.9 Å². The van der Waals surface area contributed by atoms with E-state index in [1.54, 1.807) is 0 Å². The van der Waals surface area contributed by atoms with Crippen LogP contribution in [0.2, 0.25) is 0 Å². The van der Waals surface area contributed by atoms with Gasteiger partial charge < -0.3 is 15.8 Å².